The summed E-state index contributed by atoms with van der Waals surface area (Å²) in [5.74, 6) is -0.583. The molecular formula is C13H16N4O4S. The topological polar surface area (TPSA) is 141 Å². The molecule has 0 spiro atoms. The zero-order chi connectivity index (χ0) is 16.5. The van der Waals surface area contributed by atoms with Crippen molar-refractivity contribution in [3.8, 4) is 0 Å². The van der Waals surface area contributed by atoms with E-state index in [1.165, 1.54) is 5.56 Å². The first kappa shape index (κ1) is 16.0. The van der Waals surface area contributed by atoms with Gasteiger partial charge in [0.25, 0.3) is 16.0 Å². The van der Waals surface area contributed by atoms with Crippen LogP contribution in [0.5, 0.6) is 0 Å². The molecule has 22 heavy (non-hydrogen) atoms. The lowest BCUT2D eigenvalue weighted by molar-refractivity contribution is 0.0994. The molecule has 2 heterocycles. The maximum absolute atomic E-state index is 11.9. The molecule has 0 saturated carbocycles. The minimum atomic E-state index is -3.67. The minimum Gasteiger partial charge on any atom is -0.370 e. The molecular weight excluding hydrogens is 308 g/mol. The predicted molar refractivity (Wildman–Crippen MR) is 83.3 cm³/mol. The van der Waals surface area contributed by atoms with E-state index >= 15 is 0 Å². The molecule has 3 rings (SSSR count). The van der Waals surface area contributed by atoms with Crippen LogP contribution in [-0.2, 0) is 23.1 Å². The summed E-state index contributed by atoms with van der Waals surface area (Å²) < 4.78 is 27.9. The molecule has 118 valence electrons. The number of rotatable bonds is 1. The van der Waals surface area contributed by atoms with E-state index in [0.717, 1.165) is 23.9 Å². The Morgan fingerprint density at radius 2 is 2.00 bits per heavy atom. The lowest BCUT2D eigenvalue weighted by Crippen LogP contribution is -2.24. The van der Waals surface area contributed by atoms with E-state index in [0.29, 0.717) is 11.9 Å². The van der Waals surface area contributed by atoms with Gasteiger partial charge in [0.15, 0.2) is 5.96 Å². The average molecular weight is 324 g/mol. The van der Waals surface area contributed by atoms with E-state index in [-0.39, 0.29) is 11.9 Å². The summed E-state index contributed by atoms with van der Waals surface area (Å²) >= 11 is 0. The Morgan fingerprint density at radius 1 is 1.36 bits per heavy atom. The Morgan fingerprint density at radius 3 is 2.59 bits per heavy atom. The highest BCUT2D eigenvalue weighted by molar-refractivity contribution is 7.85. The van der Waals surface area contributed by atoms with Gasteiger partial charge in [0, 0.05) is 11.9 Å². The van der Waals surface area contributed by atoms with Crippen molar-refractivity contribution in [2.24, 2.45) is 16.5 Å². The van der Waals surface area contributed by atoms with Gasteiger partial charge in [0.1, 0.15) is 5.69 Å². The zero-order valence-corrected chi connectivity index (χ0v) is 12.7. The Hall–Kier alpha value is -2.39. The van der Waals surface area contributed by atoms with Gasteiger partial charge in [0.2, 0.25) is 0 Å². The number of aromatic nitrogens is 1. The smallest absolute Gasteiger partial charge is 0.296 e. The number of carbonyl (C=O) groups is 1. The maximum atomic E-state index is 11.9. The lowest BCUT2D eigenvalue weighted by Gasteiger charge is -2.00. The molecule has 0 fully saturated rings. The first-order valence-corrected chi connectivity index (χ1v) is 8.19. The number of carbonyl (C=O) groups excluding carboxylic acids is 1. The molecule has 1 aliphatic rings. The van der Waals surface area contributed by atoms with Crippen LogP contribution in [0, 0.1) is 0 Å². The first-order chi connectivity index (χ1) is 10.2. The Labute approximate surface area is 127 Å². The summed E-state index contributed by atoms with van der Waals surface area (Å²) in [7, 11) is -3.67. The van der Waals surface area contributed by atoms with E-state index in [9.17, 15) is 13.2 Å². The van der Waals surface area contributed by atoms with Crippen LogP contribution in [-0.4, -0.2) is 35.7 Å². The third kappa shape index (κ3) is 3.62. The average Bonchev–Trinajstić information content (AvgIpc) is 2.93. The van der Waals surface area contributed by atoms with Gasteiger partial charge < -0.3 is 16.0 Å². The summed E-state index contributed by atoms with van der Waals surface area (Å²) in [5.41, 5.74) is 13.4. The van der Waals surface area contributed by atoms with Gasteiger partial charge in [-0.1, -0.05) is 18.2 Å². The SMILES string of the molecule is CS(=O)(=O)O.NC(N)=NC(=O)c1cc2cccc3c2n1CC3. The molecule has 0 unspecified atom stereocenters. The van der Waals surface area contributed by atoms with Crippen LogP contribution in [0.4, 0.5) is 0 Å². The molecule has 0 aliphatic carbocycles. The number of aliphatic imine (C=N–C) groups is 1. The number of benzene rings is 1. The second-order valence-electron chi connectivity index (χ2n) is 4.86. The van der Waals surface area contributed by atoms with Gasteiger partial charge in [-0.15, -0.1) is 0 Å². The molecule has 1 aliphatic heterocycles. The molecule has 0 bridgehead atoms. The van der Waals surface area contributed by atoms with Crippen molar-refractivity contribution >= 4 is 32.9 Å². The van der Waals surface area contributed by atoms with Crippen molar-refractivity contribution in [2.75, 3.05) is 6.26 Å². The van der Waals surface area contributed by atoms with Crippen molar-refractivity contribution < 1.29 is 17.8 Å². The van der Waals surface area contributed by atoms with Crippen LogP contribution >= 0.6 is 0 Å². The molecule has 0 radical (unpaired) electrons. The molecule has 1 aromatic heterocycles. The summed E-state index contributed by atoms with van der Waals surface area (Å²) in [6.45, 7) is 0.809. The number of amides is 1. The number of para-hydroxylation sites is 1. The molecule has 0 saturated heterocycles. The fourth-order valence-corrected chi connectivity index (χ4v) is 2.42. The fraction of sp³-hybridized carbons (Fsp3) is 0.231. The summed E-state index contributed by atoms with van der Waals surface area (Å²) in [6, 6.07) is 7.92. The summed E-state index contributed by atoms with van der Waals surface area (Å²) in [6.07, 6.45) is 1.67. The van der Waals surface area contributed by atoms with Crippen molar-refractivity contribution in [1.82, 2.24) is 4.57 Å². The van der Waals surface area contributed by atoms with Gasteiger partial charge >= 0.3 is 0 Å². The molecule has 1 amide bonds. The van der Waals surface area contributed by atoms with E-state index in [4.69, 9.17) is 16.0 Å². The highest BCUT2D eigenvalue weighted by Gasteiger charge is 2.21. The third-order valence-corrected chi connectivity index (χ3v) is 3.06. The van der Waals surface area contributed by atoms with Crippen LogP contribution in [0.15, 0.2) is 29.3 Å². The number of hydrogen-bond acceptors (Lipinski definition) is 3. The second kappa shape index (κ2) is 5.78. The normalized spacial score (nSPS) is 12.6. The zero-order valence-electron chi connectivity index (χ0n) is 11.9. The van der Waals surface area contributed by atoms with E-state index in [1.54, 1.807) is 0 Å². The van der Waals surface area contributed by atoms with Crippen molar-refractivity contribution in [2.45, 2.75) is 13.0 Å². The van der Waals surface area contributed by atoms with Gasteiger partial charge in [0.05, 0.1) is 11.8 Å². The van der Waals surface area contributed by atoms with Crippen LogP contribution in [0.1, 0.15) is 16.1 Å². The quantitative estimate of drug-likeness (QED) is 0.386. The molecule has 2 aromatic rings. The Bertz CT molecular complexity index is 856. The van der Waals surface area contributed by atoms with Crippen molar-refractivity contribution in [1.29, 1.82) is 0 Å². The fourth-order valence-electron chi connectivity index (χ4n) is 2.42. The number of hydrogen-bond donors (Lipinski definition) is 3. The van der Waals surface area contributed by atoms with E-state index < -0.39 is 10.1 Å². The molecule has 9 heteroatoms. The van der Waals surface area contributed by atoms with Crippen LogP contribution in [0.25, 0.3) is 10.9 Å². The second-order valence-corrected chi connectivity index (χ2v) is 6.33. The number of guanidine groups is 1. The minimum absolute atomic E-state index is 0.203. The standard InChI is InChI=1S/C12H12N4O.CH4O3S/c13-12(14)15-11(17)9-6-8-3-1-2-7-4-5-16(9)10(7)8;1-5(2,3)4/h1-3,6H,4-5H2,(H4,13,14,15,17);1H3,(H,2,3,4). The Kier molecular flexibility index (Phi) is 4.20. The number of nitrogens with zero attached hydrogens (tertiary/aromatic N) is 2. The van der Waals surface area contributed by atoms with Crippen molar-refractivity contribution in [3.63, 3.8) is 0 Å². The monoisotopic (exact) mass is 324 g/mol. The van der Waals surface area contributed by atoms with E-state index in [2.05, 4.69) is 11.1 Å². The molecule has 1 aromatic carbocycles. The van der Waals surface area contributed by atoms with Gasteiger partial charge in [-0.05, 0) is 18.1 Å². The largest absolute Gasteiger partial charge is 0.370 e. The summed E-state index contributed by atoms with van der Waals surface area (Å²) in [4.78, 5) is 15.4. The number of aryl methyl sites for hydroxylation is 2. The van der Waals surface area contributed by atoms with Gasteiger partial charge in [-0.2, -0.15) is 13.4 Å². The molecule has 0 atom stereocenters. The Balaban J connectivity index is 0.000000309. The first-order valence-electron chi connectivity index (χ1n) is 6.34. The molecule has 5 N–H and O–H groups in total. The predicted octanol–water partition coefficient (Wildman–Crippen LogP) is 0.115. The maximum Gasteiger partial charge on any atom is 0.296 e. The van der Waals surface area contributed by atoms with Crippen molar-refractivity contribution in [3.05, 3.63) is 35.5 Å². The van der Waals surface area contributed by atoms with E-state index in [1.807, 2.05) is 22.8 Å². The van der Waals surface area contributed by atoms with Crippen LogP contribution < -0.4 is 11.5 Å². The number of nitrogens with two attached hydrogens (primary N) is 2. The third-order valence-electron chi connectivity index (χ3n) is 3.06. The highest BCUT2D eigenvalue weighted by Crippen LogP contribution is 2.29. The summed E-state index contributed by atoms with van der Waals surface area (Å²) in [5, 5.41) is 1.06. The van der Waals surface area contributed by atoms with Crippen LogP contribution in [0.3, 0.4) is 0 Å². The van der Waals surface area contributed by atoms with Gasteiger partial charge in [-0.3, -0.25) is 9.35 Å². The molecule has 8 nitrogen and oxygen atoms in total. The van der Waals surface area contributed by atoms with Crippen LogP contribution in [0.2, 0.25) is 0 Å². The highest BCUT2D eigenvalue weighted by atomic mass is 32.2. The van der Waals surface area contributed by atoms with Gasteiger partial charge in [-0.25, -0.2) is 0 Å². The lowest BCUT2D eigenvalue weighted by atomic mass is 10.1.